The minimum atomic E-state index is -1.22. The number of rotatable bonds is 7. The quantitative estimate of drug-likeness (QED) is 0.427. The lowest BCUT2D eigenvalue weighted by Crippen LogP contribution is -2.44. The van der Waals surface area contributed by atoms with Gasteiger partial charge in [0.05, 0.1) is 0 Å². The number of benzene rings is 2. The summed E-state index contributed by atoms with van der Waals surface area (Å²) in [5.41, 5.74) is -0.251. The lowest BCUT2D eigenvalue weighted by atomic mass is 9.87. The average molecular weight is 415 g/mol. The molecule has 3 rings (SSSR count). The number of carbonyl (C=O) groups excluding carboxylic acids is 4. The number of Topliss-reactive ketones (excluding diaryl/α,β-unsaturated/α-hetero) is 1. The van der Waals surface area contributed by atoms with Crippen molar-refractivity contribution < 1.29 is 23.9 Å². The molecule has 0 saturated carbocycles. The normalized spacial score (nSPS) is 18.5. The van der Waals surface area contributed by atoms with Crippen LogP contribution in [0.25, 0.3) is 0 Å². The van der Waals surface area contributed by atoms with Gasteiger partial charge in [-0.15, -0.1) is 0 Å². The van der Waals surface area contributed by atoms with Gasteiger partial charge in [-0.25, -0.2) is 4.79 Å². The Bertz CT molecular complexity index is 945. The zero-order chi connectivity index (χ0) is 21.0. The molecule has 150 valence electrons. The van der Waals surface area contributed by atoms with Crippen LogP contribution in [-0.4, -0.2) is 41.7 Å². The summed E-state index contributed by atoms with van der Waals surface area (Å²) in [5.74, 6) is -1.80. The summed E-state index contributed by atoms with van der Waals surface area (Å²) in [6.07, 6.45) is 0.322. The van der Waals surface area contributed by atoms with E-state index in [1.807, 2.05) is 0 Å². The number of halogens is 1. The molecule has 0 aromatic heterocycles. The maximum Gasteiger partial charge on any atom is 0.326 e. The van der Waals surface area contributed by atoms with Gasteiger partial charge in [-0.05, 0) is 36.2 Å². The molecule has 0 radical (unpaired) electrons. The Morgan fingerprint density at radius 3 is 2.34 bits per heavy atom. The van der Waals surface area contributed by atoms with E-state index in [2.05, 4.69) is 5.32 Å². The fraction of sp³-hybridized carbons (Fsp3) is 0.238. The highest BCUT2D eigenvalue weighted by Gasteiger charge is 2.51. The largest absolute Gasteiger partial charge is 0.456 e. The maximum absolute atomic E-state index is 13.0. The zero-order valence-electron chi connectivity index (χ0n) is 15.7. The summed E-state index contributed by atoms with van der Waals surface area (Å²) in [6.45, 7) is 0.701. The number of esters is 1. The minimum Gasteiger partial charge on any atom is -0.456 e. The number of urea groups is 1. The van der Waals surface area contributed by atoms with Gasteiger partial charge >= 0.3 is 12.0 Å². The molecule has 0 bridgehead atoms. The highest BCUT2D eigenvalue weighted by molar-refractivity contribution is 6.30. The molecule has 0 aliphatic carbocycles. The van der Waals surface area contributed by atoms with Crippen LogP contribution in [-0.2, 0) is 19.9 Å². The third-order valence-corrected chi connectivity index (χ3v) is 5.04. The van der Waals surface area contributed by atoms with Crippen LogP contribution in [0.4, 0.5) is 4.79 Å². The molecule has 1 saturated heterocycles. The fourth-order valence-electron chi connectivity index (χ4n) is 3.17. The molecule has 1 fully saturated rings. The van der Waals surface area contributed by atoms with Gasteiger partial charge in [0.2, 0.25) is 0 Å². The number of ketones is 1. The molecule has 2 aromatic rings. The van der Waals surface area contributed by atoms with Crippen LogP contribution in [0, 0.1) is 0 Å². The molecule has 1 aliphatic rings. The highest BCUT2D eigenvalue weighted by Crippen LogP contribution is 2.32. The van der Waals surface area contributed by atoms with Crippen molar-refractivity contribution in [2.24, 2.45) is 0 Å². The standard InChI is InChI=1S/C21H19ClN2O5/c1-2-21(15-6-4-3-5-7-15)19(27)24(20(28)23-21)12-18(26)29-13-17(25)14-8-10-16(22)11-9-14/h3-11H,2,12-13H2,1H3,(H,23,28). The number of hydrogen-bond acceptors (Lipinski definition) is 5. The topological polar surface area (TPSA) is 92.8 Å². The molecular formula is C21H19ClN2O5. The van der Waals surface area contributed by atoms with Crippen molar-refractivity contribution in [3.05, 3.63) is 70.7 Å². The molecule has 1 aliphatic heterocycles. The molecule has 1 N–H and O–H groups in total. The summed E-state index contributed by atoms with van der Waals surface area (Å²) < 4.78 is 4.96. The van der Waals surface area contributed by atoms with Crippen molar-refractivity contribution in [3.63, 3.8) is 0 Å². The average Bonchev–Trinajstić information content (AvgIpc) is 2.98. The summed E-state index contributed by atoms with van der Waals surface area (Å²) >= 11 is 5.77. The van der Waals surface area contributed by atoms with E-state index in [9.17, 15) is 19.2 Å². The van der Waals surface area contributed by atoms with E-state index in [1.54, 1.807) is 49.4 Å². The molecule has 3 amide bonds. The monoisotopic (exact) mass is 414 g/mol. The first-order valence-electron chi connectivity index (χ1n) is 9.01. The summed E-state index contributed by atoms with van der Waals surface area (Å²) in [6, 6.07) is 14.3. The van der Waals surface area contributed by atoms with Crippen LogP contribution in [0.2, 0.25) is 5.02 Å². The molecular weight excluding hydrogens is 396 g/mol. The number of amides is 3. The predicted molar refractivity (Wildman–Crippen MR) is 105 cm³/mol. The Balaban J connectivity index is 1.64. The Morgan fingerprint density at radius 2 is 1.72 bits per heavy atom. The second-order valence-corrected chi connectivity index (χ2v) is 6.97. The van der Waals surface area contributed by atoms with E-state index in [-0.39, 0.29) is 0 Å². The first-order chi connectivity index (χ1) is 13.9. The molecule has 29 heavy (non-hydrogen) atoms. The van der Waals surface area contributed by atoms with Gasteiger partial charge in [0, 0.05) is 10.6 Å². The molecule has 0 spiro atoms. The van der Waals surface area contributed by atoms with E-state index < -0.39 is 42.4 Å². The Hall–Kier alpha value is -3.19. The number of imide groups is 1. The van der Waals surface area contributed by atoms with Crippen molar-refractivity contribution in [1.82, 2.24) is 10.2 Å². The molecule has 1 unspecified atom stereocenters. The van der Waals surface area contributed by atoms with Gasteiger partial charge < -0.3 is 10.1 Å². The molecule has 2 aromatic carbocycles. The maximum atomic E-state index is 13.0. The van der Waals surface area contributed by atoms with Gasteiger partial charge in [0.25, 0.3) is 5.91 Å². The molecule has 1 atom stereocenters. The Morgan fingerprint density at radius 1 is 1.07 bits per heavy atom. The van der Waals surface area contributed by atoms with Crippen molar-refractivity contribution >= 4 is 35.3 Å². The van der Waals surface area contributed by atoms with Gasteiger partial charge in [0.1, 0.15) is 12.1 Å². The SMILES string of the molecule is CCC1(c2ccccc2)NC(=O)N(CC(=O)OCC(=O)c2ccc(Cl)cc2)C1=O. The van der Waals surface area contributed by atoms with Gasteiger partial charge in [-0.1, -0.05) is 48.9 Å². The van der Waals surface area contributed by atoms with Crippen LogP contribution in [0.15, 0.2) is 54.6 Å². The number of carbonyl (C=O) groups is 4. The molecule has 1 heterocycles. The van der Waals surface area contributed by atoms with Crippen LogP contribution in [0.5, 0.6) is 0 Å². The van der Waals surface area contributed by atoms with Crippen molar-refractivity contribution in [3.8, 4) is 0 Å². The second kappa shape index (κ2) is 8.45. The molecule has 8 heteroatoms. The lowest BCUT2D eigenvalue weighted by Gasteiger charge is -2.25. The van der Waals surface area contributed by atoms with E-state index in [0.29, 0.717) is 22.6 Å². The number of hydrogen-bond donors (Lipinski definition) is 1. The first-order valence-corrected chi connectivity index (χ1v) is 9.39. The van der Waals surface area contributed by atoms with Crippen molar-refractivity contribution in [2.75, 3.05) is 13.2 Å². The van der Waals surface area contributed by atoms with Crippen LogP contribution in [0.1, 0.15) is 29.3 Å². The Kier molecular flexibility index (Phi) is 5.98. The third kappa shape index (κ3) is 4.14. The summed E-state index contributed by atoms with van der Waals surface area (Å²) in [5, 5.41) is 3.17. The van der Waals surface area contributed by atoms with Crippen LogP contribution >= 0.6 is 11.6 Å². The van der Waals surface area contributed by atoms with E-state index in [4.69, 9.17) is 16.3 Å². The fourth-order valence-corrected chi connectivity index (χ4v) is 3.30. The number of nitrogens with one attached hydrogen (secondary N) is 1. The van der Waals surface area contributed by atoms with Crippen LogP contribution < -0.4 is 5.32 Å². The minimum absolute atomic E-state index is 0.322. The highest BCUT2D eigenvalue weighted by atomic mass is 35.5. The predicted octanol–water partition coefficient (Wildman–Crippen LogP) is 2.92. The first kappa shape index (κ1) is 20.5. The van der Waals surface area contributed by atoms with Gasteiger partial charge in [-0.3, -0.25) is 19.3 Å². The molecule has 7 nitrogen and oxygen atoms in total. The summed E-state index contributed by atoms with van der Waals surface area (Å²) in [4.78, 5) is 50.4. The zero-order valence-corrected chi connectivity index (χ0v) is 16.4. The van der Waals surface area contributed by atoms with Gasteiger partial charge in [0.15, 0.2) is 12.4 Å². The number of ether oxygens (including phenoxy) is 1. The van der Waals surface area contributed by atoms with E-state index in [0.717, 1.165) is 4.90 Å². The van der Waals surface area contributed by atoms with E-state index in [1.165, 1.54) is 12.1 Å². The number of nitrogens with zero attached hydrogens (tertiary/aromatic N) is 1. The smallest absolute Gasteiger partial charge is 0.326 e. The van der Waals surface area contributed by atoms with Crippen molar-refractivity contribution in [1.29, 1.82) is 0 Å². The van der Waals surface area contributed by atoms with E-state index >= 15 is 0 Å². The summed E-state index contributed by atoms with van der Waals surface area (Å²) in [7, 11) is 0. The van der Waals surface area contributed by atoms with Gasteiger partial charge in [-0.2, -0.15) is 0 Å². The Labute approximate surface area is 172 Å². The van der Waals surface area contributed by atoms with Crippen LogP contribution in [0.3, 0.4) is 0 Å². The third-order valence-electron chi connectivity index (χ3n) is 4.79. The second-order valence-electron chi connectivity index (χ2n) is 6.54. The lowest BCUT2D eigenvalue weighted by molar-refractivity contribution is -0.147. The van der Waals surface area contributed by atoms with Crippen molar-refractivity contribution in [2.45, 2.75) is 18.9 Å².